The third-order valence-electron chi connectivity index (χ3n) is 4.15. The molecule has 5 heteroatoms. The van der Waals surface area contributed by atoms with Gasteiger partial charge in [-0.2, -0.15) is 0 Å². The van der Waals surface area contributed by atoms with Crippen molar-refractivity contribution in [2.45, 2.75) is 25.8 Å². The Kier molecular flexibility index (Phi) is 4.19. The maximum absolute atomic E-state index is 11.9. The molecule has 2 N–H and O–H groups in total. The van der Waals surface area contributed by atoms with Gasteiger partial charge in [-0.15, -0.1) is 0 Å². The van der Waals surface area contributed by atoms with Crippen LogP contribution in [0.5, 0.6) is 5.75 Å². The zero-order chi connectivity index (χ0) is 16.4. The molecule has 3 rings (SSSR count). The predicted molar refractivity (Wildman–Crippen MR) is 86.7 cm³/mol. The smallest absolute Gasteiger partial charge is 0.339 e. The van der Waals surface area contributed by atoms with Gasteiger partial charge in [-0.25, -0.2) is 4.79 Å². The zero-order valence-electron chi connectivity index (χ0n) is 12.9. The maximum Gasteiger partial charge on any atom is 0.339 e. The first kappa shape index (κ1) is 15.3. The summed E-state index contributed by atoms with van der Waals surface area (Å²) in [6.45, 7) is 1.80. The van der Waals surface area contributed by atoms with Gasteiger partial charge >= 0.3 is 5.97 Å². The number of hydrogen-bond acceptors (Lipinski definition) is 3. The maximum atomic E-state index is 11.9. The molecule has 0 unspecified atom stereocenters. The highest BCUT2D eigenvalue weighted by atomic mass is 16.5. The first-order chi connectivity index (χ1) is 11.0. The van der Waals surface area contributed by atoms with Crippen LogP contribution >= 0.6 is 0 Å². The fourth-order valence-electron chi connectivity index (χ4n) is 2.66. The Hall–Kier alpha value is -2.56. The van der Waals surface area contributed by atoms with Gasteiger partial charge in [-0.1, -0.05) is 24.3 Å². The van der Waals surface area contributed by atoms with Gasteiger partial charge in [0.25, 0.3) is 5.91 Å². The summed E-state index contributed by atoms with van der Waals surface area (Å²) in [6, 6.07) is 10.8. The van der Waals surface area contributed by atoms with Crippen LogP contribution in [0.4, 0.5) is 0 Å². The zero-order valence-corrected chi connectivity index (χ0v) is 12.9. The molecule has 1 atom stereocenters. The Morgan fingerprint density at radius 1 is 1.26 bits per heavy atom. The summed E-state index contributed by atoms with van der Waals surface area (Å²) in [5, 5.41) is 13.9. The van der Waals surface area contributed by atoms with Crippen molar-refractivity contribution in [3.8, 4) is 5.75 Å². The molecule has 120 valence electrons. The van der Waals surface area contributed by atoms with Gasteiger partial charge in [-0.3, -0.25) is 4.79 Å². The predicted octanol–water partition coefficient (Wildman–Crippen LogP) is 2.83. The highest BCUT2D eigenvalue weighted by molar-refractivity contribution is 5.97. The summed E-state index contributed by atoms with van der Waals surface area (Å²) in [7, 11) is 0. The van der Waals surface area contributed by atoms with E-state index in [0.717, 1.165) is 23.6 Å². The molecule has 0 radical (unpaired) electrons. The number of aromatic carboxylic acids is 1. The Bertz CT molecular complexity index is 752. The Labute approximate surface area is 134 Å². The van der Waals surface area contributed by atoms with Crippen LogP contribution in [0.15, 0.2) is 36.4 Å². The largest absolute Gasteiger partial charge is 0.483 e. The molecule has 1 saturated carbocycles. The average Bonchev–Trinajstić information content (AvgIpc) is 3.36. The first-order valence-electron chi connectivity index (χ1n) is 7.73. The van der Waals surface area contributed by atoms with E-state index in [1.54, 1.807) is 12.1 Å². The van der Waals surface area contributed by atoms with Crippen LogP contribution in [0.25, 0.3) is 10.8 Å². The van der Waals surface area contributed by atoms with Crippen LogP contribution in [-0.4, -0.2) is 29.6 Å². The highest BCUT2D eigenvalue weighted by Crippen LogP contribution is 2.32. The number of benzene rings is 2. The van der Waals surface area contributed by atoms with Crippen molar-refractivity contribution in [3.05, 3.63) is 42.0 Å². The lowest BCUT2D eigenvalue weighted by atomic mass is 10.1. The molecule has 0 aliphatic heterocycles. The van der Waals surface area contributed by atoms with Crippen LogP contribution in [-0.2, 0) is 4.79 Å². The lowest BCUT2D eigenvalue weighted by Crippen LogP contribution is -2.37. The van der Waals surface area contributed by atoms with E-state index in [-0.39, 0.29) is 29.9 Å². The summed E-state index contributed by atoms with van der Waals surface area (Å²) in [5.41, 5.74) is 0.0618. The molecule has 2 aromatic rings. The van der Waals surface area contributed by atoms with Crippen LogP contribution in [0.2, 0.25) is 0 Å². The molecular weight excluding hydrogens is 294 g/mol. The number of ether oxygens (including phenoxy) is 1. The molecule has 0 saturated heterocycles. The van der Waals surface area contributed by atoms with E-state index in [0.29, 0.717) is 5.92 Å². The number of carbonyl (C=O) groups is 2. The van der Waals surface area contributed by atoms with Gasteiger partial charge in [-0.05, 0) is 48.6 Å². The number of carbonyl (C=O) groups excluding carboxylic acids is 1. The van der Waals surface area contributed by atoms with Crippen molar-refractivity contribution in [1.82, 2.24) is 5.32 Å². The Balaban J connectivity index is 1.74. The summed E-state index contributed by atoms with van der Waals surface area (Å²) in [4.78, 5) is 23.3. The van der Waals surface area contributed by atoms with E-state index in [4.69, 9.17) is 4.74 Å². The van der Waals surface area contributed by atoms with Gasteiger partial charge in [0, 0.05) is 6.04 Å². The number of carboxylic acid groups (broad SMARTS) is 1. The van der Waals surface area contributed by atoms with Gasteiger partial charge in [0.15, 0.2) is 6.61 Å². The third kappa shape index (κ3) is 3.62. The lowest BCUT2D eigenvalue weighted by Gasteiger charge is -2.14. The molecular formula is C18H19NO4. The third-order valence-corrected chi connectivity index (χ3v) is 4.15. The van der Waals surface area contributed by atoms with Crippen LogP contribution in [0.1, 0.15) is 30.1 Å². The molecule has 1 aliphatic carbocycles. The van der Waals surface area contributed by atoms with Crippen LogP contribution < -0.4 is 10.1 Å². The van der Waals surface area contributed by atoms with Gasteiger partial charge < -0.3 is 15.2 Å². The first-order valence-corrected chi connectivity index (χ1v) is 7.73. The van der Waals surface area contributed by atoms with E-state index in [9.17, 15) is 14.7 Å². The molecule has 1 fully saturated rings. The molecule has 0 heterocycles. The quantitative estimate of drug-likeness (QED) is 0.860. The number of rotatable bonds is 6. The Morgan fingerprint density at radius 2 is 1.91 bits per heavy atom. The monoisotopic (exact) mass is 313 g/mol. The molecule has 0 aromatic heterocycles. The topological polar surface area (TPSA) is 75.6 Å². The second kappa shape index (κ2) is 6.28. The highest BCUT2D eigenvalue weighted by Gasteiger charge is 2.28. The lowest BCUT2D eigenvalue weighted by molar-refractivity contribution is -0.123. The number of nitrogens with one attached hydrogen (secondary N) is 1. The summed E-state index contributed by atoms with van der Waals surface area (Å²) in [5.74, 6) is -0.522. The van der Waals surface area contributed by atoms with Crippen molar-refractivity contribution in [2.75, 3.05) is 6.61 Å². The molecule has 0 spiro atoms. The van der Waals surface area contributed by atoms with E-state index < -0.39 is 5.97 Å². The van der Waals surface area contributed by atoms with E-state index in [1.807, 2.05) is 31.2 Å². The molecule has 1 amide bonds. The summed E-state index contributed by atoms with van der Waals surface area (Å²) >= 11 is 0. The van der Waals surface area contributed by atoms with Gasteiger partial charge in [0.2, 0.25) is 0 Å². The molecule has 1 aliphatic rings. The van der Waals surface area contributed by atoms with Crippen molar-refractivity contribution in [3.63, 3.8) is 0 Å². The number of amides is 1. The fourth-order valence-corrected chi connectivity index (χ4v) is 2.66. The minimum Gasteiger partial charge on any atom is -0.483 e. The van der Waals surface area contributed by atoms with Crippen molar-refractivity contribution in [2.24, 2.45) is 5.92 Å². The van der Waals surface area contributed by atoms with Crippen molar-refractivity contribution >= 4 is 22.6 Å². The van der Waals surface area contributed by atoms with Crippen LogP contribution in [0, 0.1) is 5.92 Å². The number of hydrogen-bond donors (Lipinski definition) is 2. The number of carboxylic acids is 1. The standard InChI is InChI=1S/C18H19NO4/c1-11(12-6-7-12)19-17(20)10-23-16-9-14-5-3-2-4-13(14)8-15(16)18(21)22/h2-5,8-9,11-12H,6-7,10H2,1H3,(H,19,20)(H,21,22)/t11-/m1/s1. The van der Waals surface area contributed by atoms with E-state index in [2.05, 4.69) is 5.32 Å². The van der Waals surface area contributed by atoms with Crippen molar-refractivity contribution < 1.29 is 19.4 Å². The molecule has 5 nitrogen and oxygen atoms in total. The van der Waals surface area contributed by atoms with E-state index >= 15 is 0 Å². The normalized spacial score (nSPS) is 15.2. The molecule has 0 bridgehead atoms. The second-order valence-corrected chi connectivity index (χ2v) is 5.98. The minimum absolute atomic E-state index is 0.0618. The Morgan fingerprint density at radius 3 is 2.52 bits per heavy atom. The minimum atomic E-state index is -1.07. The average molecular weight is 313 g/mol. The van der Waals surface area contributed by atoms with Gasteiger partial charge in [0.05, 0.1) is 0 Å². The summed E-state index contributed by atoms with van der Waals surface area (Å²) in [6.07, 6.45) is 2.30. The summed E-state index contributed by atoms with van der Waals surface area (Å²) < 4.78 is 5.48. The van der Waals surface area contributed by atoms with Crippen LogP contribution in [0.3, 0.4) is 0 Å². The van der Waals surface area contributed by atoms with Gasteiger partial charge in [0.1, 0.15) is 11.3 Å². The number of fused-ring (bicyclic) bond motifs is 1. The van der Waals surface area contributed by atoms with E-state index in [1.165, 1.54) is 0 Å². The SMILES string of the molecule is C[C@@H](NC(=O)COc1cc2ccccc2cc1C(=O)O)C1CC1. The molecule has 23 heavy (non-hydrogen) atoms. The second-order valence-electron chi connectivity index (χ2n) is 5.98. The fraction of sp³-hybridized carbons (Fsp3) is 0.333. The van der Waals surface area contributed by atoms with Crippen molar-refractivity contribution in [1.29, 1.82) is 0 Å². The molecule has 2 aromatic carbocycles.